The summed E-state index contributed by atoms with van der Waals surface area (Å²) in [7, 11) is 0. The summed E-state index contributed by atoms with van der Waals surface area (Å²) in [5.41, 5.74) is 0.843. The maximum absolute atomic E-state index is 11.7. The van der Waals surface area contributed by atoms with Gasteiger partial charge in [-0.1, -0.05) is 29.8 Å². The molecule has 19 heavy (non-hydrogen) atoms. The van der Waals surface area contributed by atoms with Gasteiger partial charge in [-0.2, -0.15) is 0 Å². The Morgan fingerprint density at radius 2 is 1.84 bits per heavy atom. The van der Waals surface area contributed by atoms with Gasteiger partial charge in [-0.25, -0.2) is 0 Å². The van der Waals surface area contributed by atoms with Crippen molar-refractivity contribution in [1.29, 1.82) is 0 Å². The number of aliphatic hydroxyl groups excluding tert-OH is 3. The lowest BCUT2D eigenvalue weighted by Crippen LogP contribution is -2.57. The largest absolute Gasteiger partial charge is 0.394 e. The van der Waals surface area contributed by atoms with Gasteiger partial charge < -0.3 is 20.6 Å². The highest BCUT2D eigenvalue weighted by Crippen LogP contribution is 2.08. The summed E-state index contributed by atoms with van der Waals surface area (Å²) < 4.78 is 0. The maximum atomic E-state index is 11.7. The van der Waals surface area contributed by atoms with Gasteiger partial charge in [0, 0.05) is 6.42 Å². The Hall–Kier alpha value is -1.43. The molecule has 0 unspecified atom stereocenters. The fourth-order valence-corrected chi connectivity index (χ4v) is 1.75. The predicted octanol–water partition coefficient (Wildman–Crippen LogP) is -0.240. The van der Waals surface area contributed by atoms with E-state index in [1.807, 2.05) is 31.2 Å². The summed E-state index contributed by atoms with van der Waals surface area (Å²) in [5, 5.41) is 29.8. The van der Waals surface area contributed by atoms with Crippen LogP contribution in [0.4, 0.5) is 0 Å². The van der Waals surface area contributed by atoms with Gasteiger partial charge in [0.1, 0.15) is 5.54 Å². The Morgan fingerprint density at radius 1 is 1.21 bits per heavy atom. The van der Waals surface area contributed by atoms with E-state index in [0.717, 1.165) is 11.1 Å². The van der Waals surface area contributed by atoms with Crippen molar-refractivity contribution in [3.8, 4) is 0 Å². The molecule has 0 aromatic heterocycles. The first-order valence-electron chi connectivity index (χ1n) is 6.24. The molecule has 0 aliphatic rings. The Balaban J connectivity index is 2.52. The number of nitrogens with one attached hydrogen (secondary N) is 1. The molecule has 0 aliphatic carbocycles. The first-order chi connectivity index (χ1) is 9.05. The number of rotatable bonds is 7. The maximum Gasteiger partial charge on any atom is 0.220 e. The molecule has 0 atom stereocenters. The highest BCUT2D eigenvalue weighted by atomic mass is 16.3. The zero-order valence-electron chi connectivity index (χ0n) is 11.1. The van der Waals surface area contributed by atoms with E-state index in [0.29, 0.717) is 6.42 Å². The average Bonchev–Trinajstić information content (AvgIpc) is 2.43. The molecule has 0 spiro atoms. The number of carbonyl (C=O) groups excluding carboxylic acids is 1. The Morgan fingerprint density at radius 3 is 2.37 bits per heavy atom. The first-order valence-corrected chi connectivity index (χ1v) is 6.24. The van der Waals surface area contributed by atoms with E-state index in [4.69, 9.17) is 15.3 Å². The Bertz CT molecular complexity index is 407. The minimum atomic E-state index is -1.34. The van der Waals surface area contributed by atoms with Crippen LogP contribution in [-0.4, -0.2) is 46.6 Å². The Kier molecular flexibility index (Phi) is 5.95. The van der Waals surface area contributed by atoms with Gasteiger partial charge in [-0.05, 0) is 18.9 Å². The van der Waals surface area contributed by atoms with Crippen LogP contribution in [0.15, 0.2) is 24.3 Å². The topological polar surface area (TPSA) is 89.8 Å². The minimum absolute atomic E-state index is 0.241. The summed E-state index contributed by atoms with van der Waals surface area (Å²) >= 11 is 0. The van der Waals surface area contributed by atoms with Crippen LogP contribution in [-0.2, 0) is 11.2 Å². The lowest BCUT2D eigenvalue weighted by Gasteiger charge is -2.28. The van der Waals surface area contributed by atoms with E-state index in [1.54, 1.807) is 0 Å². The molecule has 0 fully saturated rings. The highest BCUT2D eigenvalue weighted by molar-refractivity contribution is 5.77. The van der Waals surface area contributed by atoms with Crippen LogP contribution in [0, 0.1) is 6.92 Å². The van der Waals surface area contributed by atoms with Crippen LogP contribution >= 0.6 is 0 Å². The van der Waals surface area contributed by atoms with Crippen LogP contribution in [0.3, 0.4) is 0 Å². The van der Waals surface area contributed by atoms with Crippen molar-refractivity contribution in [2.75, 3.05) is 19.8 Å². The molecular formula is C14H21NO4. The van der Waals surface area contributed by atoms with Crippen molar-refractivity contribution in [3.63, 3.8) is 0 Å². The zero-order valence-corrected chi connectivity index (χ0v) is 11.1. The van der Waals surface area contributed by atoms with Gasteiger partial charge >= 0.3 is 0 Å². The van der Waals surface area contributed by atoms with E-state index in [9.17, 15) is 4.79 Å². The molecule has 1 aromatic carbocycles. The van der Waals surface area contributed by atoms with E-state index in [2.05, 4.69) is 5.32 Å². The number of amides is 1. The van der Waals surface area contributed by atoms with Gasteiger partial charge in [0.05, 0.1) is 19.8 Å². The number of carbonyl (C=O) groups is 1. The zero-order chi connectivity index (χ0) is 14.3. The predicted molar refractivity (Wildman–Crippen MR) is 71.6 cm³/mol. The van der Waals surface area contributed by atoms with Crippen molar-refractivity contribution < 1.29 is 20.1 Å². The van der Waals surface area contributed by atoms with Crippen LogP contribution in [0.5, 0.6) is 0 Å². The number of aliphatic hydroxyl groups is 3. The lowest BCUT2D eigenvalue weighted by molar-refractivity contribution is -0.125. The van der Waals surface area contributed by atoms with E-state index < -0.39 is 25.4 Å². The second kappa shape index (κ2) is 7.23. The number of benzene rings is 1. The fraction of sp³-hybridized carbons (Fsp3) is 0.500. The van der Waals surface area contributed by atoms with Gasteiger partial charge in [0.2, 0.25) is 5.91 Å². The molecule has 0 radical (unpaired) electrons. The molecule has 5 nitrogen and oxygen atoms in total. The van der Waals surface area contributed by atoms with Gasteiger partial charge in [0.15, 0.2) is 0 Å². The lowest BCUT2D eigenvalue weighted by atomic mass is 10.0. The molecule has 4 N–H and O–H groups in total. The molecule has 1 amide bonds. The smallest absolute Gasteiger partial charge is 0.220 e. The number of hydrogen-bond acceptors (Lipinski definition) is 4. The van der Waals surface area contributed by atoms with Crippen molar-refractivity contribution >= 4 is 5.91 Å². The monoisotopic (exact) mass is 267 g/mol. The fourth-order valence-electron chi connectivity index (χ4n) is 1.75. The molecule has 0 saturated carbocycles. The van der Waals surface area contributed by atoms with E-state index in [1.165, 1.54) is 0 Å². The standard InChI is InChI=1S/C14H21NO4/c1-11-3-2-4-12(7-11)5-6-13(19)15-14(8-16,9-17)10-18/h2-4,7,16-18H,5-6,8-10H2,1H3,(H,15,19). The third kappa shape index (κ3) is 4.63. The van der Waals surface area contributed by atoms with Gasteiger partial charge in [-0.15, -0.1) is 0 Å². The summed E-state index contributed by atoms with van der Waals surface area (Å²) in [5.74, 6) is -0.307. The van der Waals surface area contributed by atoms with Crippen LogP contribution < -0.4 is 5.32 Å². The van der Waals surface area contributed by atoms with Crippen LogP contribution in [0.1, 0.15) is 17.5 Å². The molecule has 1 rings (SSSR count). The quantitative estimate of drug-likeness (QED) is 0.549. The van der Waals surface area contributed by atoms with Crippen molar-refractivity contribution in [2.24, 2.45) is 0 Å². The summed E-state index contributed by atoms with van der Waals surface area (Å²) in [6.45, 7) is 0.473. The highest BCUT2D eigenvalue weighted by Gasteiger charge is 2.29. The second-order valence-electron chi connectivity index (χ2n) is 4.79. The second-order valence-corrected chi connectivity index (χ2v) is 4.79. The van der Waals surface area contributed by atoms with E-state index >= 15 is 0 Å². The average molecular weight is 267 g/mol. The molecule has 106 valence electrons. The molecule has 1 aromatic rings. The summed E-state index contributed by atoms with van der Waals surface area (Å²) in [6, 6.07) is 7.86. The Labute approximate surface area is 112 Å². The summed E-state index contributed by atoms with van der Waals surface area (Å²) in [6.07, 6.45) is 0.817. The number of aryl methyl sites for hydroxylation is 2. The van der Waals surface area contributed by atoms with Gasteiger partial charge in [-0.3, -0.25) is 4.79 Å². The minimum Gasteiger partial charge on any atom is -0.394 e. The van der Waals surface area contributed by atoms with Crippen molar-refractivity contribution in [3.05, 3.63) is 35.4 Å². The first kappa shape index (κ1) is 15.6. The molecule has 0 saturated heterocycles. The molecule has 0 heterocycles. The van der Waals surface area contributed by atoms with E-state index in [-0.39, 0.29) is 12.3 Å². The van der Waals surface area contributed by atoms with Crippen LogP contribution in [0.25, 0.3) is 0 Å². The van der Waals surface area contributed by atoms with Gasteiger partial charge in [0.25, 0.3) is 0 Å². The van der Waals surface area contributed by atoms with Crippen molar-refractivity contribution in [1.82, 2.24) is 5.32 Å². The van der Waals surface area contributed by atoms with Crippen molar-refractivity contribution in [2.45, 2.75) is 25.3 Å². The molecule has 5 heteroatoms. The van der Waals surface area contributed by atoms with Crippen LogP contribution in [0.2, 0.25) is 0 Å². The number of hydrogen-bond donors (Lipinski definition) is 4. The summed E-state index contributed by atoms with van der Waals surface area (Å²) in [4.78, 5) is 11.7. The third-order valence-corrected chi connectivity index (χ3v) is 3.04. The third-order valence-electron chi connectivity index (χ3n) is 3.04. The molecule has 0 bridgehead atoms. The molecule has 0 aliphatic heterocycles. The SMILES string of the molecule is Cc1cccc(CCC(=O)NC(CO)(CO)CO)c1. The molecular weight excluding hydrogens is 246 g/mol. The normalized spacial score (nSPS) is 11.4.